The molecule has 184 valence electrons. The van der Waals surface area contributed by atoms with E-state index in [1.54, 1.807) is 0 Å². The van der Waals surface area contributed by atoms with Crippen LogP contribution in [-0.2, 0) is 23.0 Å². The van der Waals surface area contributed by atoms with Gasteiger partial charge in [0.25, 0.3) is 5.91 Å². The summed E-state index contributed by atoms with van der Waals surface area (Å²) < 4.78 is 6.57. The number of anilines is 2. The SMILES string of the molecule is CC1(C)c2cc(C(=O)NCCS)ccc2N2CCOC21/C=C/c1cc2c3c(c1)CCCN3CCC2. The lowest BCUT2D eigenvalue weighted by molar-refractivity contribution is 0.000321. The van der Waals surface area contributed by atoms with Crippen LogP contribution in [0.4, 0.5) is 11.4 Å². The van der Waals surface area contributed by atoms with Gasteiger partial charge in [-0.3, -0.25) is 4.79 Å². The Hall–Kier alpha value is -2.44. The van der Waals surface area contributed by atoms with Gasteiger partial charge in [0, 0.05) is 54.3 Å². The molecule has 35 heavy (non-hydrogen) atoms. The zero-order valence-electron chi connectivity index (χ0n) is 20.8. The first-order chi connectivity index (χ1) is 16.9. The normalized spacial score (nSPS) is 23.9. The van der Waals surface area contributed by atoms with E-state index in [1.165, 1.54) is 66.8 Å². The minimum atomic E-state index is -0.561. The van der Waals surface area contributed by atoms with Crippen molar-refractivity contribution in [2.24, 2.45) is 0 Å². The van der Waals surface area contributed by atoms with Crippen LogP contribution in [0.15, 0.2) is 36.4 Å². The Labute approximate surface area is 213 Å². The standard InChI is InChI=1S/C29H35N3O2S/c1-28(2)24-19-23(27(33)30-11-16-35)7-8-25(24)32-14-15-34-29(28,32)10-9-20-17-21-5-3-12-31-13-4-6-22(18-20)26(21)31/h7-10,17-19,35H,3-6,11-16H2,1-2H3,(H,30,33)/b10-9+. The number of carbonyl (C=O) groups is 1. The van der Waals surface area contributed by atoms with Gasteiger partial charge in [-0.25, -0.2) is 0 Å². The maximum Gasteiger partial charge on any atom is 0.251 e. The van der Waals surface area contributed by atoms with E-state index in [-0.39, 0.29) is 11.3 Å². The number of rotatable bonds is 5. The monoisotopic (exact) mass is 489 g/mol. The Balaban J connectivity index is 1.36. The van der Waals surface area contributed by atoms with Crippen molar-refractivity contribution in [3.63, 3.8) is 0 Å². The quantitative estimate of drug-likeness (QED) is 0.604. The highest BCUT2D eigenvalue weighted by Crippen LogP contribution is 2.55. The van der Waals surface area contributed by atoms with Crippen molar-refractivity contribution in [2.75, 3.05) is 48.3 Å². The van der Waals surface area contributed by atoms with E-state index < -0.39 is 5.72 Å². The molecule has 0 radical (unpaired) electrons. The minimum absolute atomic E-state index is 0.0488. The Morgan fingerprint density at radius 2 is 1.86 bits per heavy atom. The Bertz CT molecular complexity index is 1180. The van der Waals surface area contributed by atoms with Crippen LogP contribution in [0.3, 0.4) is 0 Å². The van der Waals surface area contributed by atoms with Gasteiger partial charge in [-0.15, -0.1) is 0 Å². The lowest BCUT2D eigenvalue weighted by Gasteiger charge is -2.40. The number of benzene rings is 2. The first kappa shape index (κ1) is 23.0. The highest BCUT2D eigenvalue weighted by Gasteiger charge is 2.59. The fourth-order valence-electron chi connectivity index (χ4n) is 6.71. The summed E-state index contributed by atoms with van der Waals surface area (Å²) in [6, 6.07) is 10.9. The van der Waals surface area contributed by atoms with Crippen molar-refractivity contribution in [1.29, 1.82) is 0 Å². The second-order valence-corrected chi connectivity index (χ2v) is 11.2. The summed E-state index contributed by atoms with van der Waals surface area (Å²) in [5.41, 5.74) is 7.93. The molecule has 4 aliphatic rings. The molecule has 1 fully saturated rings. The smallest absolute Gasteiger partial charge is 0.251 e. The fourth-order valence-corrected chi connectivity index (χ4v) is 6.83. The summed E-state index contributed by atoms with van der Waals surface area (Å²) in [7, 11) is 0. The van der Waals surface area contributed by atoms with Crippen molar-refractivity contribution in [3.05, 3.63) is 64.2 Å². The van der Waals surface area contributed by atoms with Crippen LogP contribution in [0.25, 0.3) is 6.08 Å². The number of amides is 1. The van der Waals surface area contributed by atoms with E-state index in [1.807, 2.05) is 6.07 Å². The maximum atomic E-state index is 12.6. The largest absolute Gasteiger partial charge is 0.371 e. The zero-order chi connectivity index (χ0) is 24.2. The number of thiol groups is 1. The highest BCUT2D eigenvalue weighted by atomic mass is 32.1. The first-order valence-corrected chi connectivity index (χ1v) is 13.6. The molecule has 1 amide bonds. The zero-order valence-corrected chi connectivity index (χ0v) is 21.7. The molecule has 1 atom stereocenters. The second-order valence-electron chi connectivity index (χ2n) is 10.7. The molecule has 0 saturated carbocycles. The predicted octanol–water partition coefficient (Wildman–Crippen LogP) is 4.58. The van der Waals surface area contributed by atoms with Crippen molar-refractivity contribution >= 4 is 36.0 Å². The topological polar surface area (TPSA) is 44.8 Å². The lowest BCUT2D eigenvalue weighted by atomic mass is 9.76. The van der Waals surface area contributed by atoms with Gasteiger partial charge < -0.3 is 19.9 Å². The van der Waals surface area contributed by atoms with Crippen molar-refractivity contribution in [2.45, 2.75) is 50.7 Å². The first-order valence-electron chi connectivity index (χ1n) is 13.0. The summed E-state index contributed by atoms with van der Waals surface area (Å²) >= 11 is 4.21. The summed E-state index contributed by atoms with van der Waals surface area (Å²) in [6.07, 6.45) is 9.38. The third kappa shape index (κ3) is 3.52. The van der Waals surface area contributed by atoms with Crippen LogP contribution in [0.1, 0.15) is 59.3 Å². The number of nitrogens with one attached hydrogen (secondary N) is 1. The van der Waals surface area contributed by atoms with Gasteiger partial charge in [-0.2, -0.15) is 12.6 Å². The van der Waals surface area contributed by atoms with E-state index in [4.69, 9.17) is 4.74 Å². The molecule has 0 spiro atoms. The van der Waals surface area contributed by atoms with Gasteiger partial charge in [0.15, 0.2) is 5.72 Å². The number of hydrogen-bond donors (Lipinski definition) is 2. The molecule has 0 bridgehead atoms. The molecule has 2 aromatic rings. The van der Waals surface area contributed by atoms with E-state index in [0.29, 0.717) is 24.5 Å². The Morgan fingerprint density at radius 3 is 2.57 bits per heavy atom. The van der Waals surface area contributed by atoms with E-state index in [0.717, 1.165) is 12.1 Å². The molecule has 4 aliphatic heterocycles. The van der Waals surface area contributed by atoms with Gasteiger partial charge in [0.1, 0.15) is 0 Å². The van der Waals surface area contributed by atoms with Gasteiger partial charge >= 0.3 is 0 Å². The number of nitrogens with zero attached hydrogens (tertiary/aromatic N) is 2. The molecule has 6 rings (SSSR count). The molecular formula is C29H35N3O2S. The van der Waals surface area contributed by atoms with Crippen LogP contribution in [0, 0.1) is 0 Å². The summed E-state index contributed by atoms with van der Waals surface area (Å²) in [5, 5.41) is 2.94. The molecule has 0 aliphatic carbocycles. The fraction of sp³-hybridized carbons (Fsp3) is 0.483. The van der Waals surface area contributed by atoms with Crippen LogP contribution in [0.5, 0.6) is 0 Å². The van der Waals surface area contributed by atoms with Crippen LogP contribution in [-0.4, -0.2) is 50.2 Å². The molecule has 4 heterocycles. The van der Waals surface area contributed by atoms with Crippen molar-refractivity contribution < 1.29 is 9.53 Å². The second kappa shape index (κ2) is 8.59. The molecule has 6 heteroatoms. The van der Waals surface area contributed by atoms with E-state index in [2.05, 4.69) is 78.0 Å². The molecule has 5 nitrogen and oxygen atoms in total. The van der Waals surface area contributed by atoms with Gasteiger partial charge in [0.05, 0.1) is 6.61 Å². The van der Waals surface area contributed by atoms with E-state index in [9.17, 15) is 4.79 Å². The van der Waals surface area contributed by atoms with Crippen LogP contribution >= 0.6 is 12.6 Å². The predicted molar refractivity (Wildman–Crippen MR) is 146 cm³/mol. The number of hydrogen-bond acceptors (Lipinski definition) is 5. The van der Waals surface area contributed by atoms with E-state index >= 15 is 0 Å². The van der Waals surface area contributed by atoms with Crippen molar-refractivity contribution in [1.82, 2.24) is 5.32 Å². The number of fused-ring (bicyclic) bond motifs is 3. The molecule has 1 saturated heterocycles. The third-order valence-corrected chi connectivity index (χ3v) is 8.63. The van der Waals surface area contributed by atoms with Gasteiger partial charge in [0.2, 0.25) is 0 Å². The van der Waals surface area contributed by atoms with Crippen LogP contribution < -0.4 is 15.1 Å². The van der Waals surface area contributed by atoms with Gasteiger partial charge in [-0.1, -0.05) is 19.9 Å². The minimum Gasteiger partial charge on any atom is -0.371 e. The summed E-state index contributed by atoms with van der Waals surface area (Å²) in [5.74, 6) is 0.576. The maximum absolute atomic E-state index is 12.6. The summed E-state index contributed by atoms with van der Waals surface area (Å²) in [6.45, 7) is 8.98. The molecule has 1 N–H and O–H groups in total. The van der Waals surface area contributed by atoms with Gasteiger partial charge in [-0.05, 0) is 84.3 Å². The Kier molecular flexibility index (Phi) is 5.65. The Morgan fingerprint density at radius 1 is 1.11 bits per heavy atom. The highest BCUT2D eigenvalue weighted by molar-refractivity contribution is 7.80. The average molecular weight is 490 g/mol. The molecular weight excluding hydrogens is 454 g/mol. The molecule has 0 aromatic heterocycles. The lowest BCUT2D eigenvalue weighted by Crippen LogP contribution is -2.51. The molecule has 1 unspecified atom stereocenters. The molecule has 2 aromatic carbocycles. The number of aryl methyl sites for hydroxylation is 2. The number of ether oxygens (including phenoxy) is 1. The van der Waals surface area contributed by atoms with Crippen LogP contribution in [0.2, 0.25) is 0 Å². The third-order valence-electron chi connectivity index (χ3n) is 8.41. The number of carbonyl (C=O) groups excluding carboxylic acids is 1. The summed E-state index contributed by atoms with van der Waals surface area (Å²) in [4.78, 5) is 17.6. The van der Waals surface area contributed by atoms with Crippen molar-refractivity contribution in [3.8, 4) is 0 Å². The average Bonchev–Trinajstić information content (AvgIpc) is 3.38.